The molecule has 1 heterocycles. The maximum absolute atomic E-state index is 12.5. The first kappa shape index (κ1) is 46.0. The van der Waals surface area contributed by atoms with Gasteiger partial charge < -0.3 is 33.3 Å². The van der Waals surface area contributed by atoms with Gasteiger partial charge in [-0.15, -0.1) is 5.92 Å². The molecule has 1 atom stereocenters. The Labute approximate surface area is 403 Å². The zero-order valence-corrected chi connectivity index (χ0v) is 39.8. The Morgan fingerprint density at radius 1 is 0.478 bits per heavy atom. The molecule has 0 aliphatic carbocycles. The fraction of sp³-hybridized carbons (Fsp3) is 0.138. The van der Waals surface area contributed by atoms with Crippen molar-refractivity contribution in [2.75, 3.05) is 38.2 Å². The van der Waals surface area contributed by atoms with Crippen molar-refractivity contribution in [1.29, 1.82) is 0 Å². The molecule has 11 heteroatoms. The van der Waals surface area contributed by atoms with Gasteiger partial charge >= 0.3 is 0 Å². The van der Waals surface area contributed by atoms with E-state index in [0.717, 1.165) is 101 Å². The van der Waals surface area contributed by atoms with Crippen LogP contribution < -0.4 is 28.7 Å². The number of anilines is 6. The second kappa shape index (κ2) is 20.0. The fourth-order valence-corrected chi connectivity index (χ4v) is 9.68. The van der Waals surface area contributed by atoms with Crippen molar-refractivity contribution in [2.24, 2.45) is 0 Å². The third-order valence-electron chi connectivity index (χ3n) is 12.4. The molecule has 0 aliphatic rings. The number of hydrogen-bond acceptors (Lipinski definition) is 8. The van der Waals surface area contributed by atoms with Gasteiger partial charge in [0.15, 0.2) is 0 Å². The molecule has 0 fully saturated rings. The van der Waals surface area contributed by atoms with Crippen LogP contribution in [0.5, 0.6) is 23.0 Å². The zero-order chi connectivity index (χ0) is 48.1. The number of methoxy groups -OCH3 is 4. The lowest BCUT2D eigenvalue weighted by Gasteiger charge is -2.26. The van der Waals surface area contributed by atoms with Gasteiger partial charge in [0.25, 0.3) is 10.1 Å². The molecule has 1 aromatic heterocycles. The summed E-state index contributed by atoms with van der Waals surface area (Å²) in [6.07, 6.45) is 0.0928. The lowest BCUT2D eigenvalue weighted by molar-refractivity contribution is 0.414. The highest BCUT2D eigenvalue weighted by Gasteiger charge is 2.24. The summed E-state index contributed by atoms with van der Waals surface area (Å²) in [4.78, 5) is 4.37. The number of nitrogens with zero attached hydrogens (tertiary/aromatic N) is 3. The number of aromatic nitrogens is 1. The number of fused-ring (bicyclic) bond motifs is 3. The Hall–Kier alpha value is -8.17. The van der Waals surface area contributed by atoms with Gasteiger partial charge in [-0.3, -0.25) is 4.55 Å². The van der Waals surface area contributed by atoms with E-state index in [0.29, 0.717) is 6.54 Å². The topological polar surface area (TPSA) is 103 Å². The maximum atomic E-state index is 12.5. The standard InChI is InChI=1S/C58H51N3O7S/c1-6-9-52(69(62,63)64)38-39-59-55-12-7-10-53(40-14-18-42(19-15-40)60(44-22-30-48(65-2)31-23-44)45-24-32-49(66-3)33-25-45)57(55)58-54(11-8-13-56(58)59)41-16-20-43(21-17-41)61(46-26-34-50(67-4)35-27-46)47-28-36-51(68-5)37-29-47/h7-8,10-37,52H,38-39H2,1-5H3,(H,62,63,64). The van der Waals surface area contributed by atoms with Gasteiger partial charge in [0.1, 0.15) is 28.2 Å². The molecule has 0 radical (unpaired) electrons. The van der Waals surface area contributed by atoms with Crippen LogP contribution in [0.3, 0.4) is 0 Å². The van der Waals surface area contributed by atoms with E-state index in [1.807, 2.05) is 109 Å². The Balaban J connectivity index is 1.18. The van der Waals surface area contributed by atoms with Gasteiger partial charge in [-0.2, -0.15) is 8.42 Å². The molecule has 0 amide bonds. The average molecular weight is 934 g/mol. The highest BCUT2D eigenvalue weighted by molar-refractivity contribution is 7.86. The van der Waals surface area contributed by atoms with Gasteiger partial charge in [-0.25, -0.2) is 0 Å². The van der Waals surface area contributed by atoms with Crippen LogP contribution in [0.15, 0.2) is 182 Å². The average Bonchev–Trinajstić information content (AvgIpc) is 3.72. The van der Waals surface area contributed by atoms with Crippen LogP contribution in [0.25, 0.3) is 44.1 Å². The third kappa shape index (κ3) is 9.41. The van der Waals surface area contributed by atoms with Gasteiger partial charge in [0.05, 0.1) is 28.4 Å². The molecule has 1 unspecified atom stereocenters. The molecule has 10 nitrogen and oxygen atoms in total. The van der Waals surface area contributed by atoms with Crippen LogP contribution in [-0.2, 0) is 16.7 Å². The van der Waals surface area contributed by atoms with Gasteiger partial charge in [0, 0.05) is 62.5 Å². The predicted octanol–water partition coefficient (Wildman–Crippen LogP) is 13.8. The van der Waals surface area contributed by atoms with Crippen molar-refractivity contribution in [3.05, 3.63) is 182 Å². The number of rotatable bonds is 16. The van der Waals surface area contributed by atoms with Crippen molar-refractivity contribution in [3.63, 3.8) is 0 Å². The highest BCUT2D eigenvalue weighted by atomic mass is 32.2. The van der Waals surface area contributed by atoms with Crippen LogP contribution in [0, 0.1) is 11.8 Å². The van der Waals surface area contributed by atoms with Crippen molar-refractivity contribution < 1.29 is 31.9 Å². The Morgan fingerprint density at radius 2 is 0.783 bits per heavy atom. The number of benzene rings is 8. The molecule has 69 heavy (non-hydrogen) atoms. The molecule has 0 saturated heterocycles. The SMILES string of the molecule is CC#CC(CCn1c2cccc(-c3ccc(N(c4ccc(OC)cc4)c4ccc(OC)cc4)cc3)c2c2c(-c3ccc(N(c4ccc(OC)cc4)c4ccc(OC)cc4)cc3)cccc21)S(=O)(=O)O. The molecular formula is C58H51N3O7S. The third-order valence-corrected chi connectivity index (χ3v) is 13.5. The lowest BCUT2D eigenvalue weighted by Crippen LogP contribution is -2.20. The van der Waals surface area contributed by atoms with Gasteiger partial charge in [-0.05, 0) is 169 Å². The molecule has 0 saturated carbocycles. The first-order chi connectivity index (χ1) is 33.6. The van der Waals surface area contributed by atoms with Crippen molar-refractivity contribution in [2.45, 2.75) is 25.1 Å². The minimum Gasteiger partial charge on any atom is -0.497 e. The Bertz CT molecular complexity index is 3100. The van der Waals surface area contributed by atoms with Crippen LogP contribution >= 0.6 is 0 Å². The minimum absolute atomic E-state index is 0.0928. The van der Waals surface area contributed by atoms with Crippen LogP contribution in [0.2, 0.25) is 0 Å². The zero-order valence-electron chi connectivity index (χ0n) is 39.0. The van der Waals surface area contributed by atoms with Crippen LogP contribution in [0.1, 0.15) is 13.3 Å². The second-order valence-corrected chi connectivity index (χ2v) is 17.9. The van der Waals surface area contributed by atoms with Crippen molar-refractivity contribution in [3.8, 4) is 57.1 Å². The second-order valence-electron chi connectivity index (χ2n) is 16.3. The molecule has 0 aliphatic heterocycles. The summed E-state index contributed by atoms with van der Waals surface area (Å²) in [5.41, 5.74) is 11.6. The summed E-state index contributed by atoms with van der Waals surface area (Å²) in [6, 6.07) is 61.5. The summed E-state index contributed by atoms with van der Waals surface area (Å²) < 4.78 is 59.3. The smallest absolute Gasteiger partial charge is 0.279 e. The number of hydrogen-bond donors (Lipinski definition) is 1. The molecule has 0 bridgehead atoms. The predicted molar refractivity (Wildman–Crippen MR) is 279 cm³/mol. The molecule has 9 rings (SSSR count). The van der Waals surface area contributed by atoms with E-state index in [1.165, 1.54) is 0 Å². The quantitative estimate of drug-likeness (QED) is 0.0749. The van der Waals surface area contributed by atoms with Crippen LogP contribution in [0.4, 0.5) is 34.1 Å². The van der Waals surface area contributed by atoms with E-state index in [9.17, 15) is 13.0 Å². The molecule has 346 valence electrons. The monoisotopic (exact) mass is 933 g/mol. The summed E-state index contributed by atoms with van der Waals surface area (Å²) in [5.74, 6) is 8.48. The van der Waals surface area contributed by atoms with Gasteiger partial charge in [-0.1, -0.05) is 54.5 Å². The Morgan fingerprint density at radius 3 is 1.06 bits per heavy atom. The fourth-order valence-electron chi connectivity index (χ4n) is 9.01. The first-order valence-corrected chi connectivity index (χ1v) is 23.9. The van der Waals surface area contributed by atoms with E-state index >= 15 is 0 Å². The van der Waals surface area contributed by atoms with E-state index < -0.39 is 15.4 Å². The molecule has 1 N–H and O–H groups in total. The Kier molecular flexibility index (Phi) is 13.3. The van der Waals surface area contributed by atoms with E-state index in [1.54, 1.807) is 35.4 Å². The van der Waals surface area contributed by atoms with Gasteiger partial charge in [0.2, 0.25) is 0 Å². The first-order valence-electron chi connectivity index (χ1n) is 22.4. The summed E-state index contributed by atoms with van der Waals surface area (Å²) in [5, 5.41) is 0.801. The number of aryl methyl sites for hydroxylation is 1. The largest absolute Gasteiger partial charge is 0.497 e. The number of ether oxygens (including phenoxy) is 4. The molecule has 9 aromatic rings. The van der Waals surface area contributed by atoms with Crippen molar-refractivity contribution >= 4 is 66.0 Å². The minimum atomic E-state index is -4.43. The molecular weight excluding hydrogens is 883 g/mol. The molecule has 0 spiro atoms. The maximum Gasteiger partial charge on any atom is 0.279 e. The van der Waals surface area contributed by atoms with E-state index in [2.05, 4.69) is 99.0 Å². The van der Waals surface area contributed by atoms with E-state index in [4.69, 9.17) is 18.9 Å². The highest BCUT2D eigenvalue weighted by Crippen LogP contribution is 2.44. The van der Waals surface area contributed by atoms with E-state index in [-0.39, 0.29) is 6.42 Å². The lowest BCUT2D eigenvalue weighted by atomic mass is 9.94. The summed E-state index contributed by atoms with van der Waals surface area (Å²) >= 11 is 0. The summed E-state index contributed by atoms with van der Waals surface area (Å²) in [6.45, 7) is 1.87. The van der Waals surface area contributed by atoms with Crippen LogP contribution in [-0.4, -0.2) is 51.2 Å². The normalized spacial score (nSPS) is 11.7. The summed E-state index contributed by atoms with van der Waals surface area (Å²) in [7, 11) is 2.21. The molecule has 8 aromatic carbocycles. The van der Waals surface area contributed by atoms with Crippen molar-refractivity contribution in [1.82, 2.24) is 4.57 Å².